The summed E-state index contributed by atoms with van der Waals surface area (Å²) in [5, 5.41) is 7.36. The van der Waals surface area contributed by atoms with Crippen LogP contribution in [0, 0.1) is 5.82 Å². The first-order valence-electron chi connectivity index (χ1n) is 10.8. The summed E-state index contributed by atoms with van der Waals surface area (Å²) < 4.78 is 13.1. The Hall–Kier alpha value is -3.22. The van der Waals surface area contributed by atoms with Crippen molar-refractivity contribution in [2.45, 2.75) is 38.1 Å². The van der Waals surface area contributed by atoms with Crippen molar-refractivity contribution in [3.8, 4) is 0 Å². The molecule has 4 rings (SSSR count). The summed E-state index contributed by atoms with van der Waals surface area (Å²) in [6.07, 6.45) is 3.71. The van der Waals surface area contributed by atoms with Crippen LogP contribution in [0.3, 0.4) is 0 Å². The van der Waals surface area contributed by atoms with Gasteiger partial charge in [0.05, 0.1) is 6.04 Å². The zero-order valence-corrected chi connectivity index (χ0v) is 17.8. The van der Waals surface area contributed by atoms with Crippen molar-refractivity contribution in [2.24, 2.45) is 0 Å². The summed E-state index contributed by atoms with van der Waals surface area (Å²) in [7, 11) is 2.05. The number of nitrogens with one attached hydrogen (secondary N) is 1. The Morgan fingerprint density at radius 2 is 1.97 bits per heavy atom. The Morgan fingerprint density at radius 3 is 2.74 bits per heavy atom. The van der Waals surface area contributed by atoms with Gasteiger partial charge >= 0.3 is 0 Å². The Morgan fingerprint density at radius 1 is 1.19 bits per heavy atom. The number of benzene rings is 2. The van der Waals surface area contributed by atoms with E-state index in [1.807, 2.05) is 23.1 Å². The van der Waals surface area contributed by atoms with E-state index in [-0.39, 0.29) is 17.8 Å². The molecule has 1 aliphatic rings. The summed E-state index contributed by atoms with van der Waals surface area (Å²) in [6, 6.07) is 16.5. The molecule has 1 saturated heterocycles. The van der Waals surface area contributed by atoms with Crippen LogP contribution in [0.15, 0.2) is 54.6 Å². The fraction of sp³-hybridized carbons (Fsp3) is 0.375. The molecule has 1 N–H and O–H groups in total. The third kappa shape index (κ3) is 5.29. The third-order valence-electron chi connectivity index (χ3n) is 5.79. The van der Waals surface area contributed by atoms with Crippen LogP contribution in [-0.4, -0.2) is 46.1 Å². The van der Waals surface area contributed by atoms with Gasteiger partial charge in [0.1, 0.15) is 11.6 Å². The number of hydrogen-bond donors (Lipinski definition) is 1. The molecule has 1 aliphatic heterocycles. The monoisotopic (exact) mass is 421 g/mol. The van der Waals surface area contributed by atoms with Gasteiger partial charge in [-0.2, -0.15) is 5.10 Å². The van der Waals surface area contributed by atoms with Crippen LogP contribution in [0.4, 0.5) is 10.1 Å². The van der Waals surface area contributed by atoms with E-state index in [1.165, 1.54) is 12.1 Å². The van der Waals surface area contributed by atoms with Crippen LogP contribution in [-0.2, 0) is 11.2 Å². The summed E-state index contributed by atoms with van der Waals surface area (Å²) in [6.45, 7) is 1.58. The molecule has 0 radical (unpaired) electrons. The molecule has 0 bridgehead atoms. The predicted molar refractivity (Wildman–Crippen MR) is 118 cm³/mol. The van der Waals surface area contributed by atoms with Crippen LogP contribution in [0.5, 0.6) is 0 Å². The third-order valence-corrected chi connectivity index (χ3v) is 5.79. The Balaban J connectivity index is 1.31. The Kier molecular flexibility index (Phi) is 6.60. The molecule has 7 heteroatoms. The number of anilines is 1. The zero-order valence-electron chi connectivity index (χ0n) is 17.8. The number of hydrogen-bond acceptors (Lipinski definition) is 4. The van der Waals surface area contributed by atoms with Gasteiger partial charge in [0, 0.05) is 38.7 Å². The number of para-hydroxylation sites is 1. The average Bonchev–Trinajstić information content (AvgIpc) is 3.45. The van der Waals surface area contributed by atoms with Gasteiger partial charge in [-0.25, -0.2) is 9.37 Å². The van der Waals surface area contributed by atoms with E-state index in [2.05, 4.69) is 39.3 Å². The van der Waals surface area contributed by atoms with Crippen molar-refractivity contribution in [3.05, 3.63) is 77.6 Å². The Labute approximate surface area is 182 Å². The molecular weight excluding hydrogens is 393 g/mol. The second kappa shape index (κ2) is 9.73. The van der Waals surface area contributed by atoms with Crippen molar-refractivity contribution >= 4 is 11.6 Å². The smallest absolute Gasteiger partial charge is 0.223 e. The van der Waals surface area contributed by atoms with E-state index in [0.717, 1.165) is 49.4 Å². The topological polar surface area (TPSA) is 65.1 Å². The number of likely N-dealkylation sites (tertiary alicyclic amines) is 1. The highest BCUT2D eigenvalue weighted by molar-refractivity contribution is 5.77. The molecule has 1 amide bonds. The number of aromatic amines is 1. The molecule has 162 valence electrons. The van der Waals surface area contributed by atoms with E-state index >= 15 is 0 Å². The first kappa shape index (κ1) is 21.0. The molecule has 2 aromatic carbocycles. The zero-order chi connectivity index (χ0) is 21.6. The van der Waals surface area contributed by atoms with Gasteiger partial charge in [0.2, 0.25) is 5.91 Å². The van der Waals surface area contributed by atoms with Crippen molar-refractivity contribution in [1.29, 1.82) is 0 Å². The minimum atomic E-state index is -0.253. The lowest BCUT2D eigenvalue weighted by molar-refractivity contribution is -0.132. The second-order valence-electron chi connectivity index (χ2n) is 8.05. The number of carbonyl (C=O) groups excluding carboxylic acids is 1. The number of halogens is 1. The fourth-order valence-corrected chi connectivity index (χ4v) is 4.09. The van der Waals surface area contributed by atoms with Crippen LogP contribution in [0.25, 0.3) is 0 Å². The van der Waals surface area contributed by atoms with Gasteiger partial charge < -0.3 is 9.80 Å². The van der Waals surface area contributed by atoms with E-state index in [9.17, 15) is 9.18 Å². The molecule has 1 unspecified atom stereocenters. The molecule has 0 saturated carbocycles. The molecular formula is C24H28FN5O. The molecule has 0 spiro atoms. The van der Waals surface area contributed by atoms with Crippen molar-refractivity contribution < 1.29 is 9.18 Å². The first-order chi connectivity index (χ1) is 15.1. The van der Waals surface area contributed by atoms with Gasteiger partial charge in [0.15, 0.2) is 5.82 Å². The summed E-state index contributed by atoms with van der Waals surface area (Å²) in [5.41, 5.74) is 2.12. The lowest BCUT2D eigenvalue weighted by atomic mass is 10.1. The highest BCUT2D eigenvalue weighted by Gasteiger charge is 2.32. The standard InChI is InChI=1S/C24H28FN5O/c1-29(20-7-3-2-4-8-20)15-6-10-23(31)30-16-5-9-21(30)24-26-22(27-28-24)17-18-11-13-19(25)14-12-18/h2-4,7-8,11-14,21H,5-6,9-10,15-17H2,1H3,(H,26,27,28). The maximum atomic E-state index is 13.1. The molecule has 1 atom stereocenters. The highest BCUT2D eigenvalue weighted by Crippen LogP contribution is 2.30. The lowest BCUT2D eigenvalue weighted by Crippen LogP contribution is -2.31. The van der Waals surface area contributed by atoms with Gasteiger partial charge in [0.25, 0.3) is 0 Å². The predicted octanol–water partition coefficient (Wildman–Crippen LogP) is 4.11. The maximum Gasteiger partial charge on any atom is 0.223 e. The van der Waals surface area contributed by atoms with Gasteiger partial charge in [-0.1, -0.05) is 30.3 Å². The van der Waals surface area contributed by atoms with Gasteiger partial charge in [-0.05, 0) is 49.1 Å². The molecule has 6 nitrogen and oxygen atoms in total. The minimum Gasteiger partial charge on any atom is -0.375 e. The van der Waals surface area contributed by atoms with E-state index in [1.54, 1.807) is 12.1 Å². The minimum absolute atomic E-state index is 0.0717. The molecule has 3 aromatic rings. The number of carbonyl (C=O) groups is 1. The SMILES string of the molecule is CN(CCCC(=O)N1CCCC1c1n[nH]c(Cc2ccc(F)cc2)n1)c1ccccc1. The van der Waals surface area contributed by atoms with E-state index < -0.39 is 0 Å². The average molecular weight is 422 g/mol. The van der Waals surface area contributed by atoms with Crippen molar-refractivity contribution in [2.75, 3.05) is 25.0 Å². The largest absolute Gasteiger partial charge is 0.375 e. The quantitative estimate of drug-likeness (QED) is 0.594. The number of amides is 1. The second-order valence-corrected chi connectivity index (χ2v) is 8.05. The van der Waals surface area contributed by atoms with Crippen LogP contribution in [0.2, 0.25) is 0 Å². The maximum absolute atomic E-state index is 13.1. The normalized spacial score (nSPS) is 15.9. The van der Waals surface area contributed by atoms with Crippen LogP contribution >= 0.6 is 0 Å². The van der Waals surface area contributed by atoms with Gasteiger partial charge in [-0.15, -0.1) is 0 Å². The number of aromatic nitrogens is 3. The highest BCUT2D eigenvalue weighted by atomic mass is 19.1. The summed E-state index contributed by atoms with van der Waals surface area (Å²) in [4.78, 5) is 21.6. The van der Waals surface area contributed by atoms with Crippen LogP contribution in [0.1, 0.15) is 48.9 Å². The molecule has 1 fully saturated rings. The van der Waals surface area contributed by atoms with E-state index in [0.29, 0.717) is 18.7 Å². The molecule has 1 aromatic heterocycles. The molecule has 0 aliphatic carbocycles. The first-order valence-corrected chi connectivity index (χ1v) is 10.8. The van der Waals surface area contributed by atoms with Gasteiger partial charge in [-0.3, -0.25) is 9.89 Å². The lowest BCUT2D eigenvalue weighted by Gasteiger charge is -2.24. The number of nitrogens with zero attached hydrogens (tertiary/aromatic N) is 4. The molecule has 2 heterocycles. The number of H-pyrrole nitrogens is 1. The van der Waals surface area contributed by atoms with Crippen molar-refractivity contribution in [3.63, 3.8) is 0 Å². The number of rotatable bonds is 8. The van der Waals surface area contributed by atoms with Crippen LogP contribution < -0.4 is 4.90 Å². The van der Waals surface area contributed by atoms with E-state index in [4.69, 9.17) is 0 Å². The molecule has 31 heavy (non-hydrogen) atoms. The van der Waals surface area contributed by atoms with Crippen molar-refractivity contribution in [1.82, 2.24) is 20.1 Å². The fourth-order valence-electron chi connectivity index (χ4n) is 4.09. The summed E-state index contributed by atoms with van der Waals surface area (Å²) >= 11 is 0. The summed E-state index contributed by atoms with van der Waals surface area (Å²) in [5.74, 6) is 1.31. The Bertz CT molecular complexity index is 989.